The Morgan fingerprint density at radius 2 is 2.18 bits per heavy atom. The first kappa shape index (κ1) is 8.88. The van der Waals surface area contributed by atoms with Gasteiger partial charge in [0.2, 0.25) is 0 Å². The van der Waals surface area contributed by atoms with Crippen molar-refractivity contribution >= 4 is 5.65 Å². The Morgan fingerprint density at radius 3 is 2.82 bits per heavy atom. The van der Waals surface area contributed by atoms with Crippen LogP contribution >= 0.6 is 0 Å². The van der Waals surface area contributed by atoms with Gasteiger partial charge in [0, 0.05) is 0 Å². The van der Waals surface area contributed by atoms with Crippen LogP contribution in [0.3, 0.4) is 0 Å². The maximum atomic E-state index is 4.12. The van der Waals surface area contributed by atoms with Crippen LogP contribution < -0.4 is 0 Å². The molecular formula is C6H7N4Y+2. The molecular weight excluding hydrogens is 217 g/mol. The number of nitrogens with zero attached hydrogens (tertiary/aromatic N) is 3. The van der Waals surface area contributed by atoms with Gasteiger partial charge in [-0.25, -0.2) is 0 Å². The molecule has 0 bridgehead atoms. The Balaban J connectivity index is 0.000000605. The van der Waals surface area contributed by atoms with Crippen molar-refractivity contribution in [1.82, 2.24) is 19.8 Å². The molecule has 0 radical (unpaired) electrons. The second-order valence-electron chi connectivity index (χ2n) is 2.25. The van der Waals surface area contributed by atoms with E-state index in [4.69, 9.17) is 0 Å². The summed E-state index contributed by atoms with van der Waals surface area (Å²) < 4.78 is 1.62. The van der Waals surface area contributed by atoms with E-state index in [1.165, 1.54) is 0 Å². The first-order valence-corrected chi connectivity index (χ1v) is 3.07. The zero-order valence-electron chi connectivity index (χ0n) is 6.42. The third-order valence-corrected chi connectivity index (χ3v) is 1.28. The van der Waals surface area contributed by atoms with E-state index in [0.717, 1.165) is 17.2 Å². The molecule has 0 aliphatic rings. The third-order valence-electron chi connectivity index (χ3n) is 1.28. The monoisotopic (exact) mass is 224 g/mol. The van der Waals surface area contributed by atoms with E-state index in [2.05, 4.69) is 21.2 Å². The fraction of sp³-hybridized carbons (Fsp3) is 0.333. The van der Waals surface area contributed by atoms with Crippen molar-refractivity contribution in [2.75, 3.05) is 0 Å². The molecule has 2 aromatic heterocycles. The van der Waals surface area contributed by atoms with E-state index in [-0.39, 0.29) is 32.7 Å². The Kier molecular flexibility index (Phi) is 2.45. The molecule has 0 saturated heterocycles. The molecule has 0 saturated carbocycles. The summed E-state index contributed by atoms with van der Waals surface area (Å²) in [6.45, 7) is 3.77. The van der Waals surface area contributed by atoms with Crippen LogP contribution in [-0.2, 0) is 32.7 Å². The largest absolute Gasteiger partial charge is 3.00 e. The first-order valence-electron chi connectivity index (χ1n) is 3.07. The van der Waals surface area contributed by atoms with E-state index >= 15 is 0 Å². The van der Waals surface area contributed by atoms with Gasteiger partial charge in [-0.2, -0.15) is 9.73 Å². The number of H-pyrrole nitrogens is 1. The molecule has 0 atom stereocenters. The molecule has 0 aromatic carbocycles. The number of aromatic amines is 1. The molecule has 0 aliphatic carbocycles. The molecule has 4 nitrogen and oxygen atoms in total. The number of aryl methyl sites for hydroxylation is 2. The average Bonchev–Trinajstić information content (AvgIpc) is 2.21. The number of nitrogens with one attached hydrogen (secondary N) is 1. The van der Waals surface area contributed by atoms with Gasteiger partial charge >= 0.3 is 32.7 Å². The summed E-state index contributed by atoms with van der Waals surface area (Å²) in [5, 5.41) is 7.02. The predicted octanol–water partition coefficient (Wildman–Crippen LogP) is 0.472. The molecule has 0 unspecified atom stereocenters. The van der Waals surface area contributed by atoms with Crippen molar-refractivity contribution in [1.29, 1.82) is 0 Å². The standard InChI is InChI=1S/C6H7N4.Y/c1-4-3-6-7-5(2)9-10(6)8-4;/h1-2H3,(H,7,9);/q-1;+3. The fourth-order valence-electron chi connectivity index (χ4n) is 0.927. The van der Waals surface area contributed by atoms with E-state index in [9.17, 15) is 0 Å². The van der Waals surface area contributed by atoms with E-state index < -0.39 is 0 Å². The number of rotatable bonds is 0. The minimum absolute atomic E-state index is 0. The Bertz CT molecular complexity index is 298. The van der Waals surface area contributed by atoms with Gasteiger partial charge in [-0.05, 0) is 12.6 Å². The van der Waals surface area contributed by atoms with Crippen LogP contribution in [0, 0.1) is 19.9 Å². The number of hydrogen-bond donors (Lipinski definition) is 1. The van der Waals surface area contributed by atoms with Crippen molar-refractivity contribution in [3.05, 3.63) is 17.6 Å². The predicted molar refractivity (Wildman–Crippen MR) is 35.6 cm³/mol. The fourth-order valence-corrected chi connectivity index (χ4v) is 0.927. The van der Waals surface area contributed by atoms with Gasteiger partial charge in [0.1, 0.15) is 5.82 Å². The Hall–Kier alpha value is -0.216. The van der Waals surface area contributed by atoms with Crippen molar-refractivity contribution in [3.8, 4) is 0 Å². The second kappa shape index (κ2) is 3.03. The average molecular weight is 224 g/mol. The second-order valence-corrected chi connectivity index (χ2v) is 2.25. The number of hydrogen-bond acceptors (Lipinski definition) is 2. The minimum atomic E-state index is 0. The zero-order valence-corrected chi connectivity index (χ0v) is 9.26. The van der Waals surface area contributed by atoms with E-state index in [1.807, 2.05) is 13.8 Å². The molecule has 5 heteroatoms. The zero-order chi connectivity index (χ0) is 7.14. The van der Waals surface area contributed by atoms with Crippen LogP contribution in [0.4, 0.5) is 0 Å². The van der Waals surface area contributed by atoms with Crippen molar-refractivity contribution in [2.24, 2.45) is 0 Å². The van der Waals surface area contributed by atoms with Crippen LogP contribution in [0.2, 0.25) is 0 Å². The molecule has 11 heavy (non-hydrogen) atoms. The summed E-state index contributed by atoms with van der Waals surface area (Å²) in [5.74, 6) is 0.860. The van der Waals surface area contributed by atoms with E-state index in [1.54, 1.807) is 4.63 Å². The van der Waals surface area contributed by atoms with Crippen molar-refractivity contribution < 1.29 is 32.7 Å². The molecule has 0 spiro atoms. The van der Waals surface area contributed by atoms with Gasteiger partial charge in [-0.15, -0.1) is 5.69 Å². The quantitative estimate of drug-likeness (QED) is 0.661. The maximum absolute atomic E-state index is 4.12. The molecule has 0 aliphatic heterocycles. The SMILES string of the molecule is Cc1[c-]c2nc(C)[nH]n2n1.[Y+3]. The van der Waals surface area contributed by atoms with Crippen LogP contribution in [0.15, 0.2) is 0 Å². The number of aromatic nitrogens is 4. The summed E-state index contributed by atoms with van der Waals surface area (Å²) in [4.78, 5) is 4.12. The summed E-state index contributed by atoms with van der Waals surface area (Å²) in [5.41, 5.74) is 1.62. The Morgan fingerprint density at radius 1 is 1.45 bits per heavy atom. The van der Waals surface area contributed by atoms with Gasteiger partial charge in [-0.3, -0.25) is 10.1 Å². The van der Waals surface area contributed by atoms with Gasteiger partial charge in [0.05, 0.1) is 0 Å². The number of fused-ring (bicyclic) bond motifs is 1. The first-order chi connectivity index (χ1) is 4.75. The maximum Gasteiger partial charge on any atom is 3.00 e. The van der Waals surface area contributed by atoms with Gasteiger partial charge in [0.15, 0.2) is 0 Å². The molecule has 2 heterocycles. The Labute approximate surface area is 89.2 Å². The molecule has 0 amide bonds. The molecule has 52 valence electrons. The summed E-state index contributed by atoms with van der Waals surface area (Å²) in [7, 11) is 0. The van der Waals surface area contributed by atoms with Gasteiger partial charge in [-0.1, -0.05) is 6.92 Å². The molecule has 2 rings (SSSR count). The molecule has 1 N–H and O–H groups in total. The van der Waals surface area contributed by atoms with E-state index in [0.29, 0.717) is 0 Å². The molecule has 2 aromatic rings. The third kappa shape index (κ3) is 1.51. The smallest absolute Gasteiger partial charge is 0.399 e. The van der Waals surface area contributed by atoms with Gasteiger partial charge in [0.25, 0.3) is 0 Å². The van der Waals surface area contributed by atoms with Crippen molar-refractivity contribution in [3.63, 3.8) is 0 Å². The summed E-state index contributed by atoms with van der Waals surface area (Å²) in [6.07, 6.45) is 0. The topological polar surface area (TPSA) is 46.0 Å². The molecule has 0 fully saturated rings. The van der Waals surface area contributed by atoms with Gasteiger partial charge < -0.3 is 6.07 Å². The van der Waals surface area contributed by atoms with Crippen molar-refractivity contribution in [2.45, 2.75) is 13.8 Å². The normalized spacial score (nSPS) is 10.0. The summed E-state index contributed by atoms with van der Waals surface area (Å²) >= 11 is 0. The van der Waals surface area contributed by atoms with Crippen LogP contribution in [-0.4, -0.2) is 19.8 Å². The van der Waals surface area contributed by atoms with Crippen LogP contribution in [0.1, 0.15) is 11.5 Å². The van der Waals surface area contributed by atoms with Crippen LogP contribution in [0.5, 0.6) is 0 Å². The minimum Gasteiger partial charge on any atom is -0.399 e. The van der Waals surface area contributed by atoms with Crippen LogP contribution in [0.25, 0.3) is 5.65 Å². The summed E-state index contributed by atoms with van der Waals surface area (Å²) in [6, 6.07) is 2.99.